The maximum atomic E-state index is 10.6. The van der Waals surface area contributed by atoms with Gasteiger partial charge in [-0.15, -0.1) is 0 Å². The molecule has 84 valence electrons. The molecule has 2 aliphatic rings. The average Bonchev–Trinajstić information content (AvgIpc) is 2.68. The summed E-state index contributed by atoms with van der Waals surface area (Å²) in [6.45, 7) is 2.25. The lowest BCUT2D eigenvalue weighted by molar-refractivity contribution is -0.0717. The maximum absolute atomic E-state index is 10.6. The van der Waals surface area contributed by atoms with Gasteiger partial charge in [-0.1, -0.05) is 19.8 Å². The lowest BCUT2D eigenvalue weighted by Gasteiger charge is -2.44. The Hall–Kier alpha value is -0.550. The van der Waals surface area contributed by atoms with Crippen LogP contribution in [-0.4, -0.2) is 10.7 Å². The van der Waals surface area contributed by atoms with E-state index in [4.69, 9.17) is 0 Å². The van der Waals surface area contributed by atoms with Crippen LogP contribution in [0.4, 0.5) is 0 Å². The minimum absolute atomic E-state index is 0.421. The summed E-state index contributed by atoms with van der Waals surface area (Å²) in [6, 6.07) is 2.47. The van der Waals surface area contributed by atoms with E-state index in [2.05, 4.69) is 13.0 Å². The fourth-order valence-electron chi connectivity index (χ4n) is 3.37. The monoisotopic (exact) mass is 207 g/mol. The summed E-state index contributed by atoms with van der Waals surface area (Å²) in [6.07, 6.45) is 7.89. The first kappa shape index (κ1) is 11.0. The molecule has 2 saturated carbocycles. The van der Waals surface area contributed by atoms with E-state index >= 15 is 0 Å². The van der Waals surface area contributed by atoms with Crippen LogP contribution in [0.25, 0.3) is 0 Å². The van der Waals surface area contributed by atoms with Gasteiger partial charge in [-0.25, -0.2) is 0 Å². The number of hydrogen-bond acceptors (Lipinski definition) is 2. The van der Waals surface area contributed by atoms with Crippen molar-refractivity contribution in [2.75, 3.05) is 0 Å². The van der Waals surface area contributed by atoms with Gasteiger partial charge < -0.3 is 5.11 Å². The molecule has 0 amide bonds. The average molecular weight is 207 g/mol. The van der Waals surface area contributed by atoms with Gasteiger partial charge in [0.2, 0.25) is 0 Å². The topological polar surface area (TPSA) is 44.0 Å². The molecule has 0 aliphatic heterocycles. The Balaban J connectivity index is 2.18. The van der Waals surface area contributed by atoms with Crippen molar-refractivity contribution in [2.24, 2.45) is 11.3 Å². The van der Waals surface area contributed by atoms with E-state index in [0.717, 1.165) is 57.3 Å². The number of nitriles is 1. The molecule has 0 saturated heterocycles. The molecule has 15 heavy (non-hydrogen) atoms. The SMILES string of the molecule is CC1CCC(C#N)(C2(O)CCCC2)CC1. The molecule has 2 nitrogen and oxygen atoms in total. The highest BCUT2D eigenvalue weighted by atomic mass is 16.3. The Labute approximate surface area is 92.3 Å². The third-order valence-electron chi connectivity index (χ3n) is 4.66. The summed E-state index contributed by atoms with van der Waals surface area (Å²) in [4.78, 5) is 0. The van der Waals surface area contributed by atoms with Gasteiger partial charge in [0.1, 0.15) is 0 Å². The van der Waals surface area contributed by atoms with Crippen molar-refractivity contribution in [1.29, 1.82) is 5.26 Å². The van der Waals surface area contributed by atoms with E-state index in [1.807, 2.05) is 0 Å². The Kier molecular flexibility index (Phi) is 2.77. The van der Waals surface area contributed by atoms with Gasteiger partial charge >= 0.3 is 0 Å². The van der Waals surface area contributed by atoms with Crippen LogP contribution in [0.2, 0.25) is 0 Å². The van der Waals surface area contributed by atoms with E-state index in [1.165, 1.54) is 0 Å². The van der Waals surface area contributed by atoms with Crippen molar-refractivity contribution >= 4 is 0 Å². The standard InChI is InChI=1S/C13H21NO/c1-11-4-8-12(10-14,9-5-11)13(15)6-2-3-7-13/h11,15H,2-9H2,1H3. The van der Waals surface area contributed by atoms with Gasteiger partial charge in [-0.05, 0) is 44.4 Å². The van der Waals surface area contributed by atoms with Crippen LogP contribution in [0.1, 0.15) is 58.3 Å². The van der Waals surface area contributed by atoms with E-state index < -0.39 is 11.0 Å². The molecule has 0 unspecified atom stereocenters. The van der Waals surface area contributed by atoms with E-state index in [-0.39, 0.29) is 0 Å². The van der Waals surface area contributed by atoms with Crippen molar-refractivity contribution in [3.05, 3.63) is 0 Å². The summed E-state index contributed by atoms with van der Waals surface area (Å²) in [5.41, 5.74) is -1.09. The predicted octanol–water partition coefficient (Wildman–Crippen LogP) is 3.01. The molecular formula is C13H21NO. The zero-order chi connectivity index (χ0) is 10.9. The third kappa shape index (κ3) is 1.67. The smallest absolute Gasteiger partial charge is 0.0860 e. The summed E-state index contributed by atoms with van der Waals surface area (Å²) < 4.78 is 0. The first-order valence-electron chi connectivity index (χ1n) is 6.26. The second-order valence-corrected chi connectivity index (χ2v) is 5.62. The van der Waals surface area contributed by atoms with Gasteiger partial charge in [-0.3, -0.25) is 0 Å². The molecule has 1 N–H and O–H groups in total. The first-order chi connectivity index (χ1) is 7.12. The number of aliphatic hydroxyl groups is 1. The molecule has 2 aliphatic carbocycles. The molecule has 2 rings (SSSR count). The van der Waals surface area contributed by atoms with Crippen LogP contribution in [0.15, 0.2) is 0 Å². The van der Waals surface area contributed by atoms with Crippen molar-refractivity contribution in [2.45, 2.75) is 63.9 Å². The molecule has 0 radical (unpaired) electrons. The maximum Gasteiger partial charge on any atom is 0.0860 e. The van der Waals surface area contributed by atoms with Crippen LogP contribution in [-0.2, 0) is 0 Å². The summed E-state index contributed by atoms with van der Waals surface area (Å²) in [7, 11) is 0. The van der Waals surface area contributed by atoms with E-state index in [9.17, 15) is 10.4 Å². The van der Waals surface area contributed by atoms with E-state index in [1.54, 1.807) is 0 Å². The van der Waals surface area contributed by atoms with Crippen molar-refractivity contribution in [3.8, 4) is 6.07 Å². The second kappa shape index (κ2) is 3.79. The summed E-state index contributed by atoms with van der Waals surface area (Å²) in [5.74, 6) is 0.733. The molecule has 0 bridgehead atoms. The summed E-state index contributed by atoms with van der Waals surface area (Å²) in [5, 5.41) is 20.1. The minimum Gasteiger partial charge on any atom is -0.388 e. The fraction of sp³-hybridized carbons (Fsp3) is 0.923. The Morgan fingerprint density at radius 2 is 1.67 bits per heavy atom. The van der Waals surface area contributed by atoms with Gasteiger partial charge in [0.25, 0.3) is 0 Å². The van der Waals surface area contributed by atoms with Crippen LogP contribution in [0.5, 0.6) is 0 Å². The molecule has 0 spiro atoms. The molecule has 0 aromatic rings. The van der Waals surface area contributed by atoms with Crippen LogP contribution >= 0.6 is 0 Å². The molecule has 0 aromatic carbocycles. The largest absolute Gasteiger partial charge is 0.388 e. The molecule has 0 aromatic heterocycles. The van der Waals surface area contributed by atoms with Gasteiger partial charge in [0.05, 0.1) is 17.1 Å². The minimum atomic E-state index is -0.665. The highest BCUT2D eigenvalue weighted by molar-refractivity contribution is 5.14. The second-order valence-electron chi connectivity index (χ2n) is 5.62. The molecule has 0 heterocycles. The Morgan fingerprint density at radius 1 is 1.13 bits per heavy atom. The molecule has 0 atom stereocenters. The first-order valence-corrected chi connectivity index (χ1v) is 6.26. The third-order valence-corrected chi connectivity index (χ3v) is 4.66. The normalized spacial score (nSPS) is 39.9. The molecule has 2 heteroatoms. The van der Waals surface area contributed by atoms with Gasteiger partial charge in [-0.2, -0.15) is 5.26 Å². The summed E-state index contributed by atoms with van der Waals surface area (Å²) >= 11 is 0. The predicted molar refractivity (Wildman–Crippen MR) is 59.1 cm³/mol. The fourth-order valence-corrected chi connectivity index (χ4v) is 3.37. The highest BCUT2D eigenvalue weighted by Gasteiger charge is 2.52. The number of nitrogens with zero attached hydrogens (tertiary/aromatic N) is 1. The zero-order valence-electron chi connectivity index (χ0n) is 9.63. The van der Waals surface area contributed by atoms with Gasteiger partial charge in [0, 0.05) is 0 Å². The van der Waals surface area contributed by atoms with E-state index in [0.29, 0.717) is 0 Å². The van der Waals surface area contributed by atoms with Crippen molar-refractivity contribution < 1.29 is 5.11 Å². The Morgan fingerprint density at radius 3 is 2.13 bits per heavy atom. The van der Waals surface area contributed by atoms with Crippen LogP contribution < -0.4 is 0 Å². The molecular weight excluding hydrogens is 186 g/mol. The molecule has 2 fully saturated rings. The zero-order valence-corrected chi connectivity index (χ0v) is 9.63. The van der Waals surface area contributed by atoms with Crippen LogP contribution in [0, 0.1) is 22.7 Å². The van der Waals surface area contributed by atoms with Gasteiger partial charge in [0.15, 0.2) is 0 Å². The Bertz CT molecular complexity index is 265. The van der Waals surface area contributed by atoms with Crippen molar-refractivity contribution in [1.82, 2.24) is 0 Å². The van der Waals surface area contributed by atoms with Crippen LogP contribution in [0.3, 0.4) is 0 Å². The van der Waals surface area contributed by atoms with Crippen molar-refractivity contribution in [3.63, 3.8) is 0 Å². The quantitative estimate of drug-likeness (QED) is 0.718. The lowest BCUT2D eigenvalue weighted by Crippen LogP contribution is -2.47. The number of rotatable bonds is 1. The number of hydrogen-bond donors (Lipinski definition) is 1. The highest BCUT2D eigenvalue weighted by Crippen LogP contribution is 2.52. The lowest BCUT2D eigenvalue weighted by atomic mass is 9.61.